The minimum absolute atomic E-state index is 0.0600. The molecule has 0 radical (unpaired) electrons. The normalized spacial score (nSPS) is 20.1. The van der Waals surface area contributed by atoms with Gasteiger partial charge >= 0.3 is 0 Å². The molecule has 0 unspecified atom stereocenters. The highest BCUT2D eigenvalue weighted by Gasteiger charge is 2.53. The maximum Gasteiger partial charge on any atom is 0.265 e. The van der Waals surface area contributed by atoms with E-state index in [1.807, 2.05) is 6.92 Å². The van der Waals surface area contributed by atoms with Gasteiger partial charge in [0.1, 0.15) is 23.9 Å². The molecular weight excluding hydrogens is 612 g/mol. The number of rotatable bonds is 4. The smallest absolute Gasteiger partial charge is 0.265 e. The Balaban J connectivity index is 1.34. The molecule has 1 aromatic heterocycles. The average molecular weight is 634 g/mol. The first-order chi connectivity index (χ1) is 19.8. The van der Waals surface area contributed by atoms with Gasteiger partial charge in [0.15, 0.2) is 18.3 Å². The minimum atomic E-state index is -1.88. The largest absolute Gasteiger partial charge is 0.488 e. The van der Waals surface area contributed by atoms with E-state index in [0.29, 0.717) is 55.8 Å². The van der Waals surface area contributed by atoms with Crippen LogP contribution in [0.25, 0.3) is 11.3 Å². The molecule has 206 valence electrons. The lowest BCUT2D eigenvalue weighted by Crippen LogP contribution is -2.45. The predicted octanol–water partition coefficient (Wildman–Crippen LogP) is 5.68. The monoisotopic (exact) mass is 632 g/mol. The minimum Gasteiger partial charge on any atom is -0.488 e. The molecule has 4 heterocycles. The van der Waals surface area contributed by atoms with Crippen molar-refractivity contribution in [1.82, 2.24) is 4.98 Å². The number of aliphatic hydroxyl groups is 1. The third kappa shape index (κ3) is 4.02. The lowest BCUT2D eigenvalue weighted by molar-refractivity contribution is -0.121. The number of ketones is 1. The van der Waals surface area contributed by atoms with Crippen LogP contribution in [-0.2, 0) is 17.0 Å². The zero-order chi connectivity index (χ0) is 28.5. The lowest BCUT2D eigenvalue weighted by atomic mass is 9.80. The number of pyridine rings is 1. The van der Waals surface area contributed by atoms with Gasteiger partial charge in [0.2, 0.25) is 5.78 Å². The molecule has 0 saturated heterocycles. The summed E-state index contributed by atoms with van der Waals surface area (Å²) < 4.78 is 18.4. The van der Waals surface area contributed by atoms with E-state index in [9.17, 15) is 14.7 Å². The van der Waals surface area contributed by atoms with E-state index >= 15 is 0 Å². The van der Waals surface area contributed by atoms with E-state index in [1.165, 1.54) is 0 Å². The second-order valence-corrected chi connectivity index (χ2v) is 11.4. The van der Waals surface area contributed by atoms with Crippen molar-refractivity contribution in [3.63, 3.8) is 0 Å². The first-order valence-electron chi connectivity index (χ1n) is 13.0. The first kappa shape index (κ1) is 26.0. The number of carbonyl (C=O) groups excluding carboxylic acids is 2. The van der Waals surface area contributed by atoms with Gasteiger partial charge in [0, 0.05) is 50.1 Å². The number of likely N-dealkylation sites (N-methyl/N-ethyl adjacent to an activating group) is 1. The molecule has 2 atom stereocenters. The van der Waals surface area contributed by atoms with Crippen LogP contribution in [0.3, 0.4) is 0 Å². The highest BCUT2D eigenvalue weighted by Crippen LogP contribution is 2.49. The van der Waals surface area contributed by atoms with Crippen molar-refractivity contribution in [3.05, 3.63) is 98.6 Å². The molecule has 8 nitrogen and oxygen atoms in total. The molecule has 7 rings (SSSR count). The zero-order valence-electron chi connectivity index (χ0n) is 21.7. The fraction of sp³-hybridized carbons (Fsp3) is 0.194. The fourth-order valence-corrected chi connectivity index (χ4v) is 6.23. The van der Waals surface area contributed by atoms with Crippen LogP contribution < -0.4 is 19.1 Å². The summed E-state index contributed by atoms with van der Waals surface area (Å²) in [4.78, 5) is 32.8. The molecule has 0 bridgehead atoms. The van der Waals surface area contributed by atoms with E-state index in [2.05, 4.69) is 15.9 Å². The second-order valence-electron chi connectivity index (χ2n) is 10.0. The Kier molecular flexibility index (Phi) is 6.08. The Labute approximate surface area is 248 Å². The SMILES string of the molecule is CCN1C(=O)COc2ccc(C(=O)[C@H]3Oc4ccc(Br)cc4[C@]3(O)c3cnc4c(c3)COc3ccc(Cl)cc3-4)cc21. The first-order valence-corrected chi connectivity index (χ1v) is 14.2. The number of hydrogen-bond acceptors (Lipinski definition) is 7. The molecule has 3 aliphatic rings. The summed E-state index contributed by atoms with van der Waals surface area (Å²) >= 11 is 9.73. The van der Waals surface area contributed by atoms with Crippen LogP contribution in [0.4, 0.5) is 5.69 Å². The summed E-state index contributed by atoms with van der Waals surface area (Å²) in [6, 6.07) is 17.3. The van der Waals surface area contributed by atoms with Crippen molar-refractivity contribution in [1.29, 1.82) is 0 Å². The van der Waals surface area contributed by atoms with Crippen LogP contribution in [0, 0.1) is 0 Å². The number of ether oxygens (including phenoxy) is 3. The van der Waals surface area contributed by atoms with Gasteiger partial charge in [-0.3, -0.25) is 14.6 Å². The number of halogens is 2. The Morgan fingerprint density at radius 2 is 1.85 bits per heavy atom. The van der Waals surface area contributed by atoms with Gasteiger partial charge in [0.05, 0.1) is 11.4 Å². The Hall–Kier alpha value is -3.92. The number of aromatic nitrogens is 1. The van der Waals surface area contributed by atoms with Gasteiger partial charge in [-0.1, -0.05) is 27.5 Å². The molecule has 41 heavy (non-hydrogen) atoms. The molecular formula is C31H22BrClN2O6. The maximum absolute atomic E-state index is 14.1. The van der Waals surface area contributed by atoms with E-state index in [1.54, 1.807) is 71.8 Å². The van der Waals surface area contributed by atoms with E-state index in [0.717, 1.165) is 11.1 Å². The zero-order valence-corrected chi connectivity index (χ0v) is 24.0. The van der Waals surface area contributed by atoms with Crippen molar-refractivity contribution >= 4 is 44.9 Å². The van der Waals surface area contributed by atoms with E-state index < -0.39 is 17.5 Å². The van der Waals surface area contributed by atoms with Crippen LogP contribution in [0.15, 0.2) is 71.3 Å². The number of hydrogen-bond donors (Lipinski definition) is 1. The molecule has 3 aliphatic heterocycles. The van der Waals surface area contributed by atoms with Gasteiger partial charge in [-0.15, -0.1) is 0 Å². The molecule has 3 aromatic carbocycles. The van der Waals surface area contributed by atoms with Gasteiger partial charge < -0.3 is 24.2 Å². The molecule has 10 heteroatoms. The summed E-state index contributed by atoms with van der Waals surface area (Å²) in [6.07, 6.45) is 0.235. The average Bonchev–Trinajstić information content (AvgIpc) is 3.28. The molecule has 4 aromatic rings. The lowest BCUT2D eigenvalue weighted by Gasteiger charge is -2.31. The molecule has 1 N–H and O–H groups in total. The molecule has 0 aliphatic carbocycles. The standard InChI is InChI=1S/C31H22BrClN2O6/c1-2-35-23-10-16(3-6-26(23)40-15-27(35)36)29(37)30-31(38,22-11-19(32)4-7-25(22)41-30)18-9-17-14-39-24-8-5-20(33)12-21(24)28(17)34-13-18/h3-13,30,38H,2,14-15H2,1H3/t30-,31-/m1/s1. The third-order valence-electron chi connectivity index (χ3n) is 7.70. The number of benzene rings is 3. The Bertz CT molecular complexity index is 1780. The van der Waals surface area contributed by atoms with Crippen LogP contribution >= 0.6 is 27.5 Å². The van der Waals surface area contributed by atoms with Crippen molar-refractivity contribution < 1.29 is 28.9 Å². The summed E-state index contributed by atoms with van der Waals surface area (Å²) in [5.41, 5.74) is 1.89. The summed E-state index contributed by atoms with van der Waals surface area (Å²) in [5.74, 6) is 0.913. The van der Waals surface area contributed by atoms with Gasteiger partial charge in [-0.25, -0.2) is 0 Å². The molecule has 0 spiro atoms. The highest BCUT2D eigenvalue weighted by atomic mass is 79.9. The highest BCUT2D eigenvalue weighted by molar-refractivity contribution is 9.10. The second kappa shape index (κ2) is 9.58. The van der Waals surface area contributed by atoms with E-state index in [-0.39, 0.29) is 24.7 Å². The third-order valence-corrected chi connectivity index (χ3v) is 8.43. The number of Topliss-reactive ketones (excluding diaryl/α,β-unsaturated/α-hetero) is 1. The Morgan fingerprint density at radius 1 is 1.07 bits per heavy atom. The number of amides is 1. The van der Waals surface area contributed by atoms with Crippen LogP contribution in [0.2, 0.25) is 5.02 Å². The molecule has 0 saturated carbocycles. The number of carbonyl (C=O) groups is 2. The van der Waals surface area contributed by atoms with Crippen molar-refractivity contribution in [2.24, 2.45) is 0 Å². The van der Waals surface area contributed by atoms with Gasteiger partial charge in [-0.05, 0) is 67.6 Å². The van der Waals surface area contributed by atoms with Crippen molar-refractivity contribution in [2.75, 3.05) is 18.1 Å². The summed E-state index contributed by atoms with van der Waals surface area (Å²) in [6.45, 7) is 2.45. The topological polar surface area (TPSA) is 98.2 Å². The molecule has 0 fully saturated rings. The number of anilines is 1. The van der Waals surface area contributed by atoms with Crippen molar-refractivity contribution in [2.45, 2.75) is 25.2 Å². The maximum atomic E-state index is 14.1. The number of fused-ring (bicyclic) bond motifs is 5. The van der Waals surface area contributed by atoms with E-state index in [4.69, 9.17) is 30.8 Å². The van der Waals surface area contributed by atoms with Gasteiger partial charge in [0.25, 0.3) is 5.91 Å². The van der Waals surface area contributed by atoms with Crippen LogP contribution in [0.1, 0.15) is 34.0 Å². The summed E-state index contributed by atoms with van der Waals surface area (Å²) in [5, 5.41) is 13.0. The Morgan fingerprint density at radius 3 is 2.68 bits per heavy atom. The van der Waals surface area contributed by atoms with Crippen molar-refractivity contribution in [3.8, 4) is 28.5 Å². The van der Waals surface area contributed by atoms with Crippen LogP contribution in [0.5, 0.6) is 17.2 Å². The summed E-state index contributed by atoms with van der Waals surface area (Å²) in [7, 11) is 0. The fourth-order valence-electron chi connectivity index (χ4n) is 5.70. The quantitative estimate of drug-likeness (QED) is 0.289. The van der Waals surface area contributed by atoms with Crippen LogP contribution in [-0.4, -0.2) is 41.0 Å². The predicted molar refractivity (Wildman–Crippen MR) is 155 cm³/mol. The van der Waals surface area contributed by atoms with Gasteiger partial charge in [-0.2, -0.15) is 0 Å². The number of nitrogens with zero attached hydrogens (tertiary/aromatic N) is 2. The molecule has 1 amide bonds.